The summed E-state index contributed by atoms with van der Waals surface area (Å²) in [7, 11) is 0. The summed E-state index contributed by atoms with van der Waals surface area (Å²) in [4.78, 5) is 7.33. The average Bonchev–Trinajstić information content (AvgIpc) is 2.67. The van der Waals surface area contributed by atoms with Crippen molar-refractivity contribution in [2.75, 3.05) is 0 Å². The van der Waals surface area contributed by atoms with E-state index in [1.54, 1.807) is 0 Å². The van der Waals surface area contributed by atoms with Crippen LogP contribution in [0.2, 0.25) is 0 Å². The second-order valence-electron chi connectivity index (χ2n) is 3.29. The zero-order valence-electron chi connectivity index (χ0n) is 9.33. The Balaban J connectivity index is 0.000000461. The van der Waals surface area contributed by atoms with E-state index in [9.17, 15) is 0 Å². The molecule has 2 heterocycles. The van der Waals surface area contributed by atoms with Crippen LogP contribution >= 0.6 is 0 Å². The van der Waals surface area contributed by atoms with Gasteiger partial charge in [0.15, 0.2) is 0 Å². The van der Waals surface area contributed by atoms with Gasteiger partial charge in [-0.1, -0.05) is 27.7 Å². The van der Waals surface area contributed by atoms with Crippen LogP contribution in [0.25, 0.3) is 11.0 Å². The number of H-pyrrole nitrogens is 1. The van der Waals surface area contributed by atoms with E-state index < -0.39 is 0 Å². The first-order valence-corrected chi connectivity index (χ1v) is 5.21. The SMILES string of the molecule is CC.CC(C)c1ccnc2[nH]ccc12. The van der Waals surface area contributed by atoms with Gasteiger partial charge in [0.25, 0.3) is 0 Å². The maximum Gasteiger partial charge on any atom is 0.137 e. The van der Waals surface area contributed by atoms with E-state index in [0.717, 1.165) is 5.65 Å². The van der Waals surface area contributed by atoms with Gasteiger partial charge in [-0.3, -0.25) is 0 Å². The summed E-state index contributed by atoms with van der Waals surface area (Å²) in [6, 6.07) is 4.17. The third kappa shape index (κ3) is 1.95. The fraction of sp³-hybridized carbons (Fsp3) is 0.417. The summed E-state index contributed by atoms with van der Waals surface area (Å²) in [5, 5.41) is 1.24. The van der Waals surface area contributed by atoms with E-state index in [1.807, 2.05) is 26.2 Å². The molecule has 0 saturated carbocycles. The van der Waals surface area contributed by atoms with Gasteiger partial charge in [0.2, 0.25) is 0 Å². The number of hydrogen-bond donors (Lipinski definition) is 1. The molecule has 1 N–H and O–H groups in total. The molecule has 0 aromatic carbocycles. The predicted octanol–water partition coefficient (Wildman–Crippen LogP) is 3.71. The topological polar surface area (TPSA) is 28.7 Å². The highest BCUT2D eigenvalue weighted by Gasteiger charge is 2.04. The van der Waals surface area contributed by atoms with Gasteiger partial charge in [0.05, 0.1) is 0 Å². The van der Waals surface area contributed by atoms with Crippen LogP contribution in [0.3, 0.4) is 0 Å². The van der Waals surface area contributed by atoms with Crippen molar-refractivity contribution in [1.82, 2.24) is 9.97 Å². The first-order chi connectivity index (χ1) is 6.79. The number of fused-ring (bicyclic) bond motifs is 1. The number of aromatic nitrogens is 2. The molecule has 0 fully saturated rings. The lowest BCUT2D eigenvalue weighted by Crippen LogP contribution is -1.88. The lowest BCUT2D eigenvalue weighted by atomic mass is 10.0. The molecule has 2 aromatic rings. The number of pyridine rings is 1. The molecule has 2 nitrogen and oxygen atoms in total. The minimum atomic E-state index is 0.561. The summed E-state index contributed by atoms with van der Waals surface area (Å²) < 4.78 is 0. The van der Waals surface area contributed by atoms with E-state index in [2.05, 4.69) is 35.9 Å². The number of rotatable bonds is 1. The number of hydrogen-bond acceptors (Lipinski definition) is 1. The van der Waals surface area contributed by atoms with Crippen molar-refractivity contribution in [1.29, 1.82) is 0 Å². The number of aromatic amines is 1. The molecule has 76 valence electrons. The first kappa shape index (κ1) is 10.8. The van der Waals surface area contributed by atoms with Crippen LogP contribution in [0, 0.1) is 0 Å². The van der Waals surface area contributed by atoms with Gasteiger partial charge in [-0.05, 0) is 23.6 Å². The Labute approximate surface area is 85.4 Å². The molecule has 0 spiro atoms. The van der Waals surface area contributed by atoms with E-state index in [4.69, 9.17) is 0 Å². The maximum absolute atomic E-state index is 4.23. The molecule has 2 aromatic heterocycles. The van der Waals surface area contributed by atoms with Crippen LogP contribution in [0.5, 0.6) is 0 Å². The zero-order chi connectivity index (χ0) is 10.6. The molecule has 0 amide bonds. The standard InChI is InChI=1S/C10H12N2.C2H6/c1-7(2)8-3-5-11-10-9(8)4-6-12-10;1-2/h3-7H,1-2H3,(H,11,12);1-2H3. The molecule has 2 heteroatoms. The minimum Gasteiger partial charge on any atom is -0.346 e. The lowest BCUT2D eigenvalue weighted by molar-refractivity contribution is 0.874. The third-order valence-electron chi connectivity index (χ3n) is 2.12. The monoisotopic (exact) mass is 190 g/mol. The Hall–Kier alpha value is -1.31. The van der Waals surface area contributed by atoms with Crippen molar-refractivity contribution in [3.63, 3.8) is 0 Å². The Morgan fingerprint density at radius 1 is 1.21 bits per heavy atom. The Morgan fingerprint density at radius 3 is 2.57 bits per heavy atom. The summed E-state index contributed by atoms with van der Waals surface area (Å²) in [6.07, 6.45) is 3.79. The van der Waals surface area contributed by atoms with E-state index >= 15 is 0 Å². The molecule has 2 rings (SSSR count). The van der Waals surface area contributed by atoms with E-state index in [0.29, 0.717) is 5.92 Å². The molecular weight excluding hydrogens is 172 g/mol. The largest absolute Gasteiger partial charge is 0.346 e. The van der Waals surface area contributed by atoms with Gasteiger partial charge < -0.3 is 4.98 Å². The van der Waals surface area contributed by atoms with Crippen molar-refractivity contribution in [3.8, 4) is 0 Å². The Morgan fingerprint density at radius 2 is 1.93 bits per heavy atom. The molecule has 0 saturated heterocycles. The fourth-order valence-electron chi connectivity index (χ4n) is 1.49. The van der Waals surface area contributed by atoms with Gasteiger partial charge in [0.1, 0.15) is 5.65 Å². The summed E-state index contributed by atoms with van der Waals surface area (Å²) in [5.74, 6) is 0.561. The molecule has 0 aliphatic carbocycles. The van der Waals surface area contributed by atoms with Gasteiger partial charge in [-0.2, -0.15) is 0 Å². The van der Waals surface area contributed by atoms with E-state index in [1.165, 1.54) is 10.9 Å². The van der Waals surface area contributed by atoms with Gasteiger partial charge >= 0.3 is 0 Å². The summed E-state index contributed by atoms with van der Waals surface area (Å²) in [5.41, 5.74) is 2.35. The molecule has 0 aliphatic heterocycles. The molecule has 0 bridgehead atoms. The van der Waals surface area contributed by atoms with Crippen molar-refractivity contribution < 1.29 is 0 Å². The van der Waals surface area contributed by atoms with Crippen molar-refractivity contribution >= 4 is 11.0 Å². The summed E-state index contributed by atoms with van der Waals surface area (Å²) in [6.45, 7) is 8.39. The van der Waals surface area contributed by atoms with Gasteiger partial charge in [-0.25, -0.2) is 4.98 Å². The van der Waals surface area contributed by atoms with Crippen LogP contribution in [0.1, 0.15) is 39.2 Å². The highest BCUT2D eigenvalue weighted by atomic mass is 14.8. The molecular formula is C12H18N2. The molecule has 0 aliphatic rings. The summed E-state index contributed by atoms with van der Waals surface area (Å²) >= 11 is 0. The normalized spacial score (nSPS) is 10.1. The quantitative estimate of drug-likeness (QED) is 0.729. The average molecular weight is 190 g/mol. The van der Waals surface area contributed by atoms with Crippen molar-refractivity contribution in [2.45, 2.75) is 33.6 Å². The highest BCUT2D eigenvalue weighted by molar-refractivity contribution is 5.79. The van der Waals surface area contributed by atoms with Crippen LogP contribution in [-0.4, -0.2) is 9.97 Å². The van der Waals surface area contributed by atoms with Crippen LogP contribution < -0.4 is 0 Å². The van der Waals surface area contributed by atoms with Crippen LogP contribution in [0.4, 0.5) is 0 Å². The number of nitrogens with zero attached hydrogens (tertiary/aromatic N) is 1. The van der Waals surface area contributed by atoms with Gasteiger partial charge in [-0.15, -0.1) is 0 Å². The zero-order valence-corrected chi connectivity index (χ0v) is 9.33. The van der Waals surface area contributed by atoms with E-state index in [-0.39, 0.29) is 0 Å². The molecule has 14 heavy (non-hydrogen) atoms. The van der Waals surface area contributed by atoms with Crippen molar-refractivity contribution in [3.05, 3.63) is 30.1 Å². The Bertz CT molecular complexity index is 388. The lowest BCUT2D eigenvalue weighted by Gasteiger charge is -2.05. The molecule has 0 atom stereocenters. The van der Waals surface area contributed by atoms with Crippen LogP contribution in [-0.2, 0) is 0 Å². The van der Waals surface area contributed by atoms with Gasteiger partial charge in [0, 0.05) is 17.8 Å². The van der Waals surface area contributed by atoms with Crippen LogP contribution in [0.15, 0.2) is 24.5 Å². The molecule has 0 unspecified atom stereocenters. The highest BCUT2D eigenvalue weighted by Crippen LogP contribution is 2.22. The second kappa shape index (κ2) is 4.80. The fourth-order valence-corrected chi connectivity index (χ4v) is 1.49. The first-order valence-electron chi connectivity index (χ1n) is 5.21. The third-order valence-corrected chi connectivity index (χ3v) is 2.12. The van der Waals surface area contributed by atoms with Crippen molar-refractivity contribution in [2.24, 2.45) is 0 Å². The predicted molar refractivity (Wildman–Crippen MR) is 61.5 cm³/mol. The Kier molecular flexibility index (Phi) is 3.69. The number of nitrogens with one attached hydrogen (secondary N) is 1. The second-order valence-corrected chi connectivity index (χ2v) is 3.29. The maximum atomic E-state index is 4.23. The minimum absolute atomic E-state index is 0.561. The smallest absolute Gasteiger partial charge is 0.137 e. The molecule has 0 radical (unpaired) electrons.